The Kier molecular flexibility index (Phi) is 10.3. The number of pyridine rings is 1. The van der Waals surface area contributed by atoms with Crippen molar-refractivity contribution in [2.24, 2.45) is 10.2 Å². The summed E-state index contributed by atoms with van der Waals surface area (Å²) in [5, 5.41) is 20.1. The summed E-state index contributed by atoms with van der Waals surface area (Å²) in [4.78, 5) is 13.4. The third-order valence-electron chi connectivity index (χ3n) is 5.07. The number of nitrogens with one attached hydrogen (secondary N) is 1. The molecule has 1 aromatic heterocycles. The van der Waals surface area contributed by atoms with Crippen LogP contribution < -0.4 is 14.8 Å². The maximum absolute atomic E-state index is 11.8. The minimum atomic E-state index is -4.43. The number of aromatic nitrogens is 1. The first-order chi connectivity index (χ1) is 18.5. The molecule has 0 spiro atoms. The summed E-state index contributed by atoms with van der Waals surface area (Å²) in [5.74, 6) is -0.0122. The number of carbonyl (C=O) groups excluding carboxylic acids is 1. The highest BCUT2D eigenvalue weighted by Gasteiger charge is 2.10. The van der Waals surface area contributed by atoms with Crippen LogP contribution in [0.3, 0.4) is 0 Å². The Morgan fingerprint density at radius 3 is 2.03 bits per heavy atom. The number of amides is 1. The summed E-state index contributed by atoms with van der Waals surface area (Å²) in [7, 11) is -0.533. The fraction of sp³-hybridized carbons (Fsp3) is 0.111. The molecule has 0 saturated heterocycles. The number of halogens is 1. The van der Waals surface area contributed by atoms with Crippen LogP contribution in [0.4, 0.5) is 22.7 Å². The summed E-state index contributed by atoms with van der Waals surface area (Å²) in [5.41, 5.74) is 2.95. The highest BCUT2D eigenvalue weighted by molar-refractivity contribution is 9.10. The van der Waals surface area contributed by atoms with Crippen LogP contribution in [0.25, 0.3) is 0 Å². The predicted molar refractivity (Wildman–Crippen MR) is 150 cm³/mol. The standard InChI is InChI=1S/C14H15N3O3S.C13H11BrN2O2/c1-17(2)13-7-3-11(4-8-13)15-16-12-5-9-14(10-6-12)21(18,19)20;14-10-3-5-11(6-4-10)15-13(18)9-16-7-1-2-12(17)8-16/h3-10H,1-2H3,(H,18,19,20);1-8H,9H2,(H-,15,17,18). The van der Waals surface area contributed by atoms with E-state index in [0.717, 1.165) is 15.8 Å². The number of hydrogen-bond donors (Lipinski definition) is 2. The lowest BCUT2D eigenvalue weighted by atomic mass is 10.3. The zero-order valence-electron chi connectivity index (χ0n) is 21.1. The summed E-state index contributed by atoms with van der Waals surface area (Å²) in [6.45, 7) is 0.157. The van der Waals surface area contributed by atoms with Crippen molar-refractivity contribution in [1.29, 1.82) is 0 Å². The van der Waals surface area contributed by atoms with Crippen LogP contribution in [0.5, 0.6) is 5.75 Å². The van der Waals surface area contributed by atoms with Gasteiger partial charge >= 0.3 is 0 Å². The molecule has 10 nitrogen and oxygen atoms in total. The first-order valence-corrected chi connectivity index (χ1v) is 13.7. The quantitative estimate of drug-likeness (QED) is 0.168. The van der Waals surface area contributed by atoms with E-state index >= 15 is 0 Å². The Morgan fingerprint density at radius 1 is 0.949 bits per heavy atom. The number of azo groups is 1. The maximum Gasteiger partial charge on any atom is 0.290 e. The molecule has 0 unspecified atom stereocenters. The Morgan fingerprint density at radius 2 is 1.51 bits per heavy atom. The Hall–Kier alpha value is -4.13. The summed E-state index contributed by atoms with van der Waals surface area (Å²) in [6, 6.07) is 23.4. The number of nitrogens with zero attached hydrogens (tertiary/aromatic N) is 4. The van der Waals surface area contributed by atoms with Crippen LogP contribution in [0.2, 0.25) is 0 Å². The van der Waals surface area contributed by atoms with Gasteiger partial charge in [-0.05, 0) is 78.9 Å². The van der Waals surface area contributed by atoms with E-state index < -0.39 is 10.1 Å². The molecule has 0 aliphatic rings. The Labute approximate surface area is 235 Å². The van der Waals surface area contributed by atoms with Crippen molar-refractivity contribution in [1.82, 2.24) is 0 Å². The van der Waals surface area contributed by atoms with Crippen LogP contribution in [0.15, 0.2) is 117 Å². The number of anilines is 2. The van der Waals surface area contributed by atoms with Gasteiger partial charge in [-0.2, -0.15) is 14.8 Å². The molecule has 39 heavy (non-hydrogen) atoms. The van der Waals surface area contributed by atoms with Crippen LogP contribution in [0.1, 0.15) is 0 Å². The second-order valence-corrected chi connectivity index (χ2v) is 10.6. The highest BCUT2D eigenvalue weighted by Crippen LogP contribution is 2.22. The lowest BCUT2D eigenvalue weighted by molar-refractivity contribution is -0.684. The van der Waals surface area contributed by atoms with Gasteiger partial charge in [-0.3, -0.25) is 4.79 Å². The van der Waals surface area contributed by atoms with E-state index in [2.05, 4.69) is 31.5 Å². The van der Waals surface area contributed by atoms with E-state index in [9.17, 15) is 22.9 Å². The minimum Gasteiger partial charge on any atom is -0.744 e. The second kappa shape index (κ2) is 13.6. The van der Waals surface area contributed by atoms with Crippen LogP contribution >= 0.6 is 15.9 Å². The molecule has 202 valence electrons. The summed E-state index contributed by atoms with van der Waals surface area (Å²) < 4.78 is 35.0. The monoisotopic (exact) mass is 611 g/mol. The molecule has 3 aromatic carbocycles. The smallest absolute Gasteiger partial charge is 0.290 e. The minimum absolute atomic E-state index is 0.133. The maximum atomic E-state index is 11.8. The zero-order chi connectivity index (χ0) is 28.4. The molecular formula is C27H26BrN5O5S. The van der Waals surface area contributed by atoms with Gasteiger partial charge in [0.15, 0.2) is 11.9 Å². The van der Waals surface area contributed by atoms with E-state index in [-0.39, 0.29) is 23.1 Å². The largest absolute Gasteiger partial charge is 0.744 e. The third kappa shape index (κ3) is 9.93. The molecule has 0 radical (unpaired) electrons. The van der Waals surface area contributed by atoms with Crippen molar-refractivity contribution in [3.05, 3.63) is 102 Å². The fourth-order valence-electron chi connectivity index (χ4n) is 3.12. The second-order valence-electron chi connectivity index (χ2n) is 8.35. The van der Waals surface area contributed by atoms with Gasteiger partial charge in [-0.15, -0.1) is 0 Å². The van der Waals surface area contributed by atoms with Crippen LogP contribution in [0, 0.1) is 0 Å². The third-order valence-corrected chi connectivity index (χ3v) is 6.45. The van der Waals surface area contributed by atoms with Gasteiger partial charge in [-0.1, -0.05) is 15.9 Å². The molecule has 4 rings (SSSR count). The van der Waals surface area contributed by atoms with Crippen molar-refractivity contribution < 1.29 is 27.4 Å². The zero-order valence-corrected chi connectivity index (χ0v) is 23.5. The molecule has 0 aliphatic carbocycles. The Balaban J connectivity index is 0.000000218. The van der Waals surface area contributed by atoms with Gasteiger partial charge in [0.2, 0.25) is 12.7 Å². The average molecular weight is 613 g/mol. The fourth-order valence-corrected chi connectivity index (χ4v) is 3.85. The van der Waals surface area contributed by atoms with Gasteiger partial charge in [-0.25, -0.2) is 8.42 Å². The van der Waals surface area contributed by atoms with E-state index in [0.29, 0.717) is 11.4 Å². The average Bonchev–Trinajstić information content (AvgIpc) is 2.89. The SMILES string of the molecule is CN(C)c1ccc(N=Nc2ccc(S(=O)(=O)[O-])cc2)cc1.O=C(C[n+]1cccc(O)c1)Nc1ccc(Br)cc1. The van der Waals surface area contributed by atoms with Crippen molar-refractivity contribution in [3.8, 4) is 5.75 Å². The molecule has 0 saturated carbocycles. The topological polar surface area (TPSA) is 138 Å². The Bertz CT molecular complexity index is 1530. The van der Waals surface area contributed by atoms with Gasteiger partial charge in [0.25, 0.3) is 5.91 Å². The molecule has 0 atom stereocenters. The van der Waals surface area contributed by atoms with Gasteiger partial charge in [0.05, 0.1) is 16.3 Å². The lowest BCUT2D eigenvalue weighted by Gasteiger charge is -2.11. The highest BCUT2D eigenvalue weighted by atomic mass is 79.9. The summed E-state index contributed by atoms with van der Waals surface area (Å²) in [6.07, 6.45) is 3.22. The summed E-state index contributed by atoms with van der Waals surface area (Å²) >= 11 is 3.33. The molecule has 2 N–H and O–H groups in total. The van der Waals surface area contributed by atoms with E-state index in [1.165, 1.54) is 30.5 Å². The molecule has 0 fully saturated rings. The van der Waals surface area contributed by atoms with Crippen LogP contribution in [-0.4, -0.2) is 38.1 Å². The van der Waals surface area contributed by atoms with Crippen molar-refractivity contribution in [2.75, 3.05) is 24.3 Å². The molecule has 1 heterocycles. The number of carbonyl (C=O) groups is 1. The number of hydrogen-bond acceptors (Lipinski definition) is 8. The normalized spacial score (nSPS) is 11.0. The number of aromatic hydroxyl groups is 1. The molecule has 12 heteroatoms. The van der Waals surface area contributed by atoms with E-state index in [1.54, 1.807) is 22.9 Å². The van der Waals surface area contributed by atoms with Crippen molar-refractivity contribution in [2.45, 2.75) is 11.4 Å². The molecule has 4 aromatic rings. The van der Waals surface area contributed by atoms with Crippen molar-refractivity contribution >= 4 is 54.7 Å². The van der Waals surface area contributed by atoms with E-state index in [1.807, 2.05) is 67.5 Å². The number of rotatable bonds is 7. The van der Waals surface area contributed by atoms with Crippen LogP contribution in [-0.2, 0) is 21.5 Å². The predicted octanol–water partition coefficient (Wildman–Crippen LogP) is 5.15. The first kappa shape index (κ1) is 29.4. The molecule has 0 aliphatic heterocycles. The molecule has 0 bridgehead atoms. The number of benzene rings is 3. The van der Waals surface area contributed by atoms with Gasteiger partial charge < -0.3 is 19.9 Å². The van der Waals surface area contributed by atoms with E-state index in [4.69, 9.17) is 0 Å². The van der Waals surface area contributed by atoms with Crippen molar-refractivity contribution in [3.63, 3.8) is 0 Å². The first-order valence-electron chi connectivity index (χ1n) is 11.5. The molecular weight excluding hydrogens is 586 g/mol. The molecule has 1 amide bonds. The lowest BCUT2D eigenvalue weighted by Crippen LogP contribution is -2.39. The van der Waals surface area contributed by atoms with Gasteiger partial charge in [0.1, 0.15) is 10.1 Å². The van der Waals surface area contributed by atoms with Gasteiger partial charge in [0, 0.05) is 36.0 Å².